The van der Waals surface area contributed by atoms with Crippen LogP contribution < -0.4 is 5.32 Å². The first-order chi connectivity index (χ1) is 7.66. The van der Waals surface area contributed by atoms with Crippen LogP contribution in [0.4, 0.5) is 0 Å². The maximum atomic E-state index is 11.6. The van der Waals surface area contributed by atoms with E-state index in [1.807, 2.05) is 19.2 Å². The van der Waals surface area contributed by atoms with E-state index >= 15 is 0 Å². The number of nitrogens with one attached hydrogen (secondary N) is 2. The van der Waals surface area contributed by atoms with Crippen LogP contribution in [-0.2, 0) is 0 Å². The van der Waals surface area contributed by atoms with Gasteiger partial charge in [0.25, 0.3) is 11.7 Å². The highest BCUT2D eigenvalue weighted by Crippen LogP contribution is 2.17. The first-order valence-corrected chi connectivity index (χ1v) is 5.51. The second kappa shape index (κ2) is 4.35. The minimum Gasteiger partial charge on any atom is -0.340 e. The van der Waals surface area contributed by atoms with E-state index in [1.54, 1.807) is 0 Å². The van der Waals surface area contributed by atoms with Crippen LogP contribution in [0.15, 0.2) is 5.38 Å². The molecule has 7 nitrogen and oxygen atoms in total. The van der Waals surface area contributed by atoms with Crippen LogP contribution >= 0.6 is 11.3 Å². The van der Waals surface area contributed by atoms with Crippen molar-refractivity contribution in [3.63, 3.8) is 0 Å². The minimum absolute atomic E-state index is 0.0279. The third-order valence-corrected chi connectivity index (χ3v) is 3.05. The first kappa shape index (κ1) is 10.7. The molecular weight excluding hydrogens is 228 g/mol. The SMILES string of the molecule is Cc1csc(C(C)NC(=O)c2nn[nH]n2)n1. The Morgan fingerprint density at radius 2 is 2.44 bits per heavy atom. The Bertz CT molecular complexity index is 478. The number of hydrogen-bond acceptors (Lipinski definition) is 6. The average Bonchev–Trinajstić information content (AvgIpc) is 2.87. The van der Waals surface area contributed by atoms with Crippen molar-refractivity contribution in [1.29, 1.82) is 0 Å². The van der Waals surface area contributed by atoms with Crippen LogP contribution in [0.5, 0.6) is 0 Å². The number of aromatic nitrogens is 5. The molecule has 8 heteroatoms. The summed E-state index contributed by atoms with van der Waals surface area (Å²) in [6.45, 7) is 3.77. The maximum Gasteiger partial charge on any atom is 0.293 e. The fourth-order valence-corrected chi connectivity index (χ4v) is 1.96. The quantitative estimate of drug-likeness (QED) is 0.809. The molecule has 0 saturated heterocycles. The molecule has 0 aliphatic rings. The summed E-state index contributed by atoms with van der Waals surface area (Å²) in [4.78, 5) is 15.9. The number of carbonyl (C=O) groups is 1. The number of thiazole rings is 1. The normalized spacial score (nSPS) is 12.4. The molecule has 0 saturated carbocycles. The van der Waals surface area contributed by atoms with E-state index in [4.69, 9.17) is 0 Å². The molecule has 0 aliphatic carbocycles. The zero-order chi connectivity index (χ0) is 11.5. The molecule has 0 aliphatic heterocycles. The van der Waals surface area contributed by atoms with Crippen LogP contribution in [-0.4, -0.2) is 31.5 Å². The van der Waals surface area contributed by atoms with Gasteiger partial charge in [-0.1, -0.05) is 0 Å². The number of carbonyl (C=O) groups excluding carboxylic acids is 1. The smallest absolute Gasteiger partial charge is 0.293 e. The predicted molar refractivity (Wildman–Crippen MR) is 56.9 cm³/mol. The van der Waals surface area contributed by atoms with Gasteiger partial charge in [0.15, 0.2) is 0 Å². The highest BCUT2D eigenvalue weighted by Gasteiger charge is 2.16. The van der Waals surface area contributed by atoms with Crippen LogP contribution in [0, 0.1) is 6.92 Å². The van der Waals surface area contributed by atoms with Crippen molar-refractivity contribution in [3.05, 3.63) is 21.9 Å². The van der Waals surface area contributed by atoms with Crippen molar-refractivity contribution in [2.75, 3.05) is 0 Å². The van der Waals surface area contributed by atoms with Crippen molar-refractivity contribution in [2.45, 2.75) is 19.9 Å². The van der Waals surface area contributed by atoms with Gasteiger partial charge in [-0.2, -0.15) is 5.21 Å². The van der Waals surface area contributed by atoms with E-state index in [1.165, 1.54) is 11.3 Å². The molecule has 1 amide bonds. The molecule has 16 heavy (non-hydrogen) atoms. The van der Waals surface area contributed by atoms with Crippen molar-refractivity contribution in [3.8, 4) is 0 Å². The van der Waals surface area contributed by atoms with E-state index in [-0.39, 0.29) is 17.8 Å². The van der Waals surface area contributed by atoms with Crippen molar-refractivity contribution < 1.29 is 4.79 Å². The lowest BCUT2D eigenvalue weighted by Gasteiger charge is -2.08. The standard InChI is InChI=1S/C8H10N6OS/c1-4-3-16-8(9-4)5(2)10-7(15)6-11-13-14-12-6/h3,5H,1-2H3,(H,10,15)(H,11,12,13,14). The molecule has 0 aromatic carbocycles. The summed E-state index contributed by atoms with van der Waals surface area (Å²) in [7, 11) is 0. The highest BCUT2D eigenvalue weighted by atomic mass is 32.1. The fourth-order valence-electron chi connectivity index (χ4n) is 1.15. The Kier molecular flexibility index (Phi) is 2.91. The van der Waals surface area contributed by atoms with Crippen LogP contribution in [0.25, 0.3) is 0 Å². The molecule has 2 heterocycles. The Hall–Kier alpha value is -1.83. The van der Waals surface area contributed by atoms with Gasteiger partial charge in [-0.3, -0.25) is 4.79 Å². The fraction of sp³-hybridized carbons (Fsp3) is 0.375. The third-order valence-electron chi connectivity index (χ3n) is 1.90. The van der Waals surface area contributed by atoms with Crippen LogP contribution in [0.2, 0.25) is 0 Å². The molecule has 0 radical (unpaired) electrons. The summed E-state index contributed by atoms with van der Waals surface area (Å²) in [5.74, 6) is -0.339. The molecule has 1 atom stereocenters. The highest BCUT2D eigenvalue weighted by molar-refractivity contribution is 7.09. The molecule has 2 N–H and O–H groups in total. The lowest BCUT2D eigenvalue weighted by Crippen LogP contribution is -2.27. The zero-order valence-electron chi connectivity index (χ0n) is 8.76. The van der Waals surface area contributed by atoms with Gasteiger partial charge in [0.2, 0.25) is 0 Å². The zero-order valence-corrected chi connectivity index (χ0v) is 9.58. The van der Waals surface area contributed by atoms with Gasteiger partial charge in [0.05, 0.1) is 6.04 Å². The summed E-state index contributed by atoms with van der Waals surface area (Å²) >= 11 is 1.51. The van der Waals surface area contributed by atoms with E-state index in [9.17, 15) is 4.79 Å². The number of nitrogens with zero attached hydrogens (tertiary/aromatic N) is 4. The summed E-state index contributed by atoms with van der Waals surface area (Å²) in [5, 5.41) is 18.3. The molecule has 84 valence electrons. The Balaban J connectivity index is 2.03. The van der Waals surface area contributed by atoms with Crippen LogP contribution in [0.1, 0.15) is 34.3 Å². The summed E-state index contributed by atoms with van der Waals surface area (Å²) in [6, 6.07) is -0.162. The summed E-state index contributed by atoms with van der Waals surface area (Å²) in [5.41, 5.74) is 0.945. The molecule has 2 aromatic heterocycles. The lowest BCUT2D eigenvalue weighted by atomic mass is 10.3. The van der Waals surface area contributed by atoms with E-state index in [2.05, 4.69) is 30.9 Å². The van der Waals surface area contributed by atoms with Gasteiger partial charge >= 0.3 is 0 Å². The molecule has 0 fully saturated rings. The van der Waals surface area contributed by atoms with Gasteiger partial charge in [0, 0.05) is 11.1 Å². The number of aromatic amines is 1. The minimum atomic E-state index is -0.367. The number of rotatable bonds is 3. The molecule has 1 unspecified atom stereocenters. The van der Waals surface area contributed by atoms with Crippen molar-refractivity contribution >= 4 is 17.2 Å². The number of tetrazole rings is 1. The molecular formula is C8H10N6OS. The third kappa shape index (κ3) is 2.22. The summed E-state index contributed by atoms with van der Waals surface area (Å²) < 4.78 is 0. The Morgan fingerprint density at radius 1 is 1.62 bits per heavy atom. The van der Waals surface area contributed by atoms with Gasteiger partial charge in [-0.05, 0) is 19.1 Å². The topological polar surface area (TPSA) is 96.5 Å². The van der Waals surface area contributed by atoms with Crippen molar-refractivity contribution in [1.82, 2.24) is 30.9 Å². The second-order valence-electron chi connectivity index (χ2n) is 3.26. The Labute approximate surface area is 95.3 Å². The maximum absolute atomic E-state index is 11.6. The molecule has 2 aromatic rings. The van der Waals surface area contributed by atoms with Gasteiger partial charge < -0.3 is 5.32 Å². The Morgan fingerprint density at radius 3 is 3.00 bits per heavy atom. The van der Waals surface area contributed by atoms with E-state index < -0.39 is 0 Å². The van der Waals surface area contributed by atoms with E-state index in [0.29, 0.717) is 0 Å². The van der Waals surface area contributed by atoms with Crippen molar-refractivity contribution in [2.24, 2.45) is 0 Å². The number of hydrogen-bond donors (Lipinski definition) is 2. The van der Waals surface area contributed by atoms with Crippen LogP contribution in [0.3, 0.4) is 0 Å². The lowest BCUT2D eigenvalue weighted by molar-refractivity contribution is 0.0929. The number of aryl methyl sites for hydroxylation is 1. The van der Waals surface area contributed by atoms with Gasteiger partial charge in [0.1, 0.15) is 5.01 Å². The molecule has 2 rings (SSSR count). The van der Waals surface area contributed by atoms with Gasteiger partial charge in [-0.15, -0.1) is 21.5 Å². The number of H-pyrrole nitrogens is 1. The molecule has 0 bridgehead atoms. The first-order valence-electron chi connectivity index (χ1n) is 4.63. The van der Waals surface area contributed by atoms with Gasteiger partial charge in [-0.25, -0.2) is 4.98 Å². The van der Waals surface area contributed by atoms with E-state index in [0.717, 1.165) is 10.7 Å². The molecule has 0 spiro atoms. The number of amides is 1. The summed E-state index contributed by atoms with van der Waals surface area (Å²) in [6.07, 6.45) is 0. The largest absolute Gasteiger partial charge is 0.340 e. The monoisotopic (exact) mass is 238 g/mol. The second-order valence-corrected chi connectivity index (χ2v) is 4.15. The average molecular weight is 238 g/mol. The predicted octanol–water partition coefficient (Wildman–Crippen LogP) is 0.456.